The molecule has 1 aliphatic carbocycles. The molecule has 0 saturated heterocycles. The van der Waals surface area contributed by atoms with Gasteiger partial charge in [0.05, 0.1) is 12.5 Å². The third kappa shape index (κ3) is 5.78. The number of rotatable bonds is 9. The standard InChI is InChI=1S/C25H29NO4/c1-3-18-7-9-19(10-8-18)17(2)26-24(28)16-30-25(29)14-13-23(27)22-12-11-20-5-4-6-21(20)15-22/h7-12,15,17H,3-6,13-14,16H2,1-2H3,(H,26,28)/t17-/m0/s1. The summed E-state index contributed by atoms with van der Waals surface area (Å²) in [5.74, 6) is -0.977. The second kappa shape index (κ2) is 10.2. The zero-order valence-electron chi connectivity index (χ0n) is 17.7. The normalized spacial score (nSPS) is 13.4. The first-order chi connectivity index (χ1) is 14.5. The van der Waals surface area contributed by atoms with Crippen molar-refractivity contribution in [3.8, 4) is 0 Å². The van der Waals surface area contributed by atoms with Gasteiger partial charge in [-0.3, -0.25) is 14.4 Å². The monoisotopic (exact) mass is 407 g/mol. The lowest BCUT2D eigenvalue weighted by atomic mass is 10.0. The van der Waals surface area contributed by atoms with Crippen LogP contribution in [0.25, 0.3) is 0 Å². The predicted molar refractivity (Wildman–Crippen MR) is 115 cm³/mol. The van der Waals surface area contributed by atoms with Crippen molar-refractivity contribution >= 4 is 17.7 Å². The smallest absolute Gasteiger partial charge is 0.306 e. The minimum atomic E-state index is -0.542. The van der Waals surface area contributed by atoms with Gasteiger partial charge in [0.25, 0.3) is 5.91 Å². The SMILES string of the molecule is CCc1ccc([C@H](C)NC(=O)COC(=O)CCC(=O)c2ccc3c(c2)CCC3)cc1. The van der Waals surface area contributed by atoms with Gasteiger partial charge >= 0.3 is 5.97 Å². The van der Waals surface area contributed by atoms with Gasteiger partial charge in [-0.2, -0.15) is 0 Å². The van der Waals surface area contributed by atoms with Crippen molar-refractivity contribution in [1.82, 2.24) is 5.32 Å². The largest absolute Gasteiger partial charge is 0.456 e. The lowest BCUT2D eigenvalue weighted by molar-refractivity contribution is -0.148. The molecule has 0 aromatic heterocycles. The lowest BCUT2D eigenvalue weighted by Crippen LogP contribution is -2.31. The van der Waals surface area contributed by atoms with Crippen LogP contribution in [0.2, 0.25) is 0 Å². The van der Waals surface area contributed by atoms with Gasteiger partial charge in [0.2, 0.25) is 0 Å². The molecule has 5 nitrogen and oxygen atoms in total. The number of esters is 1. The van der Waals surface area contributed by atoms with Crippen LogP contribution in [0.15, 0.2) is 42.5 Å². The fourth-order valence-electron chi connectivity index (χ4n) is 3.73. The van der Waals surface area contributed by atoms with E-state index in [2.05, 4.69) is 12.2 Å². The molecule has 1 N–H and O–H groups in total. The first-order valence-electron chi connectivity index (χ1n) is 10.6. The fraction of sp³-hybridized carbons (Fsp3) is 0.400. The number of hydrogen-bond acceptors (Lipinski definition) is 4. The summed E-state index contributed by atoms with van der Waals surface area (Å²) in [5.41, 5.74) is 5.42. The van der Waals surface area contributed by atoms with Crippen LogP contribution < -0.4 is 5.32 Å². The second-order valence-corrected chi connectivity index (χ2v) is 7.81. The molecule has 0 heterocycles. The highest BCUT2D eigenvalue weighted by Crippen LogP contribution is 2.23. The van der Waals surface area contributed by atoms with Gasteiger partial charge in [-0.1, -0.05) is 43.3 Å². The van der Waals surface area contributed by atoms with Crippen LogP contribution in [0, 0.1) is 0 Å². The highest BCUT2D eigenvalue weighted by atomic mass is 16.5. The Morgan fingerprint density at radius 1 is 1.00 bits per heavy atom. The molecule has 1 aliphatic rings. The third-order valence-corrected chi connectivity index (χ3v) is 5.61. The van der Waals surface area contributed by atoms with E-state index < -0.39 is 5.97 Å². The highest BCUT2D eigenvalue weighted by Gasteiger charge is 2.16. The van der Waals surface area contributed by atoms with Gasteiger partial charge in [0.15, 0.2) is 12.4 Å². The van der Waals surface area contributed by atoms with Gasteiger partial charge in [-0.25, -0.2) is 0 Å². The molecule has 0 radical (unpaired) electrons. The minimum Gasteiger partial charge on any atom is -0.456 e. The lowest BCUT2D eigenvalue weighted by Gasteiger charge is -2.15. The maximum absolute atomic E-state index is 12.3. The Bertz CT molecular complexity index is 917. The summed E-state index contributed by atoms with van der Waals surface area (Å²) in [4.78, 5) is 36.4. The molecule has 1 amide bonds. The summed E-state index contributed by atoms with van der Waals surface area (Å²) in [6.07, 6.45) is 4.22. The van der Waals surface area contributed by atoms with Crippen molar-refractivity contribution in [1.29, 1.82) is 0 Å². The van der Waals surface area contributed by atoms with E-state index in [1.54, 1.807) is 0 Å². The predicted octanol–water partition coefficient (Wildman–Crippen LogP) is 4.12. The molecular formula is C25H29NO4. The number of Topliss-reactive ketones (excluding diaryl/α,β-unsaturated/α-hetero) is 1. The Hall–Kier alpha value is -2.95. The van der Waals surface area contributed by atoms with Crippen molar-refractivity contribution in [2.45, 2.75) is 58.4 Å². The molecule has 1 atom stereocenters. The molecule has 0 bridgehead atoms. The van der Waals surface area contributed by atoms with Crippen LogP contribution in [-0.4, -0.2) is 24.3 Å². The molecule has 5 heteroatoms. The van der Waals surface area contributed by atoms with Gasteiger partial charge < -0.3 is 10.1 Å². The molecule has 158 valence electrons. The number of amides is 1. The van der Waals surface area contributed by atoms with E-state index in [1.807, 2.05) is 49.4 Å². The molecule has 0 saturated carbocycles. The molecule has 0 spiro atoms. The molecule has 0 unspecified atom stereocenters. The fourth-order valence-corrected chi connectivity index (χ4v) is 3.73. The van der Waals surface area contributed by atoms with E-state index in [9.17, 15) is 14.4 Å². The van der Waals surface area contributed by atoms with E-state index >= 15 is 0 Å². The molecular weight excluding hydrogens is 378 g/mol. The number of nitrogens with one attached hydrogen (secondary N) is 1. The number of hydrogen-bond donors (Lipinski definition) is 1. The van der Waals surface area contributed by atoms with Gasteiger partial charge in [0, 0.05) is 12.0 Å². The molecule has 2 aromatic rings. The van der Waals surface area contributed by atoms with Crippen LogP contribution in [0.4, 0.5) is 0 Å². The van der Waals surface area contributed by atoms with E-state index in [4.69, 9.17) is 4.74 Å². The molecule has 30 heavy (non-hydrogen) atoms. The van der Waals surface area contributed by atoms with Crippen molar-refractivity contribution < 1.29 is 19.1 Å². The van der Waals surface area contributed by atoms with Crippen LogP contribution in [-0.2, 0) is 33.6 Å². The van der Waals surface area contributed by atoms with Crippen LogP contribution in [0.3, 0.4) is 0 Å². The van der Waals surface area contributed by atoms with E-state index in [-0.39, 0.29) is 37.2 Å². The Morgan fingerprint density at radius 3 is 2.47 bits per heavy atom. The maximum Gasteiger partial charge on any atom is 0.306 e. The maximum atomic E-state index is 12.3. The molecule has 3 rings (SSSR count). The van der Waals surface area contributed by atoms with Crippen molar-refractivity contribution in [3.63, 3.8) is 0 Å². The summed E-state index contributed by atoms with van der Waals surface area (Å²) >= 11 is 0. The van der Waals surface area contributed by atoms with E-state index in [0.29, 0.717) is 5.56 Å². The average molecular weight is 408 g/mol. The Labute approximate surface area is 177 Å². The average Bonchev–Trinajstić information content (AvgIpc) is 3.24. The minimum absolute atomic E-state index is 0.0305. The number of ether oxygens (including phenoxy) is 1. The molecule has 0 fully saturated rings. The Balaban J connectivity index is 1.39. The summed E-state index contributed by atoms with van der Waals surface area (Å²) in [6, 6.07) is 13.7. The van der Waals surface area contributed by atoms with Crippen LogP contribution in [0.5, 0.6) is 0 Å². The first kappa shape index (κ1) is 21.8. The quantitative estimate of drug-likeness (QED) is 0.501. The first-order valence-corrected chi connectivity index (χ1v) is 10.6. The number of ketones is 1. The second-order valence-electron chi connectivity index (χ2n) is 7.81. The number of aryl methyl sites for hydroxylation is 3. The van der Waals surface area contributed by atoms with Crippen molar-refractivity contribution in [2.75, 3.05) is 6.61 Å². The van der Waals surface area contributed by atoms with E-state index in [0.717, 1.165) is 31.2 Å². The zero-order valence-corrected chi connectivity index (χ0v) is 17.7. The molecule has 0 aliphatic heterocycles. The van der Waals surface area contributed by atoms with E-state index in [1.165, 1.54) is 16.7 Å². The van der Waals surface area contributed by atoms with Gasteiger partial charge in [-0.05, 0) is 60.9 Å². The summed E-state index contributed by atoms with van der Waals surface area (Å²) < 4.78 is 5.03. The number of benzene rings is 2. The Kier molecular flexibility index (Phi) is 7.39. The topological polar surface area (TPSA) is 72.5 Å². The summed E-state index contributed by atoms with van der Waals surface area (Å²) in [7, 11) is 0. The number of carbonyl (C=O) groups excluding carboxylic acids is 3. The van der Waals surface area contributed by atoms with Gasteiger partial charge in [-0.15, -0.1) is 0 Å². The number of carbonyl (C=O) groups is 3. The summed E-state index contributed by atoms with van der Waals surface area (Å²) in [6.45, 7) is 3.63. The van der Waals surface area contributed by atoms with Crippen molar-refractivity contribution in [2.24, 2.45) is 0 Å². The van der Waals surface area contributed by atoms with Crippen molar-refractivity contribution in [3.05, 3.63) is 70.3 Å². The number of fused-ring (bicyclic) bond motifs is 1. The van der Waals surface area contributed by atoms with Gasteiger partial charge in [0.1, 0.15) is 0 Å². The highest BCUT2D eigenvalue weighted by molar-refractivity contribution is 5.98. The van der Waals surface area contributed by atoms with Crippen LogP contribution in [0.1, 0.15) is 71.8 Å². The third-order valence-electron chi connectivity index (χ3n) is 5.61. The Morgan fingerprint density at radius 2 is 1.73 bits per heavy atom. The summed E-state index contributed by atoms with van der Waals surface area (Å²) in [5, 5.41) is 2.82. The molecule has 2 aromatic carbocycles. The van der Waals surface area contributed by atoms with Crippen LogP contribution >= 0.6 is 0 Å². The zero-order chi connectivity index (χ0) is 21.5.